The van der Waals surface area contributed by atoms with Crippen LogP contribution in [0.1, 0.15) is 73.3 Å². The molecule has 3 aromatic carbocycles. The number of nitrogens with zero attached hydrogens (tertiary/aromatic N) is 1. The van der Waals surface area contributed by atoms with E-state index >= 15 is 0 Å². The summed E-state index contributed by atoms with van der Waals surface area (Å²) in [6.45, 7) is 4.79. The van der Waals surface area contributed by atoms with Crippen LogP contribution in [0.4, 0.5) is 0 Å². The Morgan fingerprint density at radius 1 is 0.745 bits per heavy atom. The van der Waals surface area contributed by atoms with Crippen LogP contribution >= 0.6 is 0 Å². The summed E-state index contributed by atoms with van der Waals surface area (Å²) in [5.74, 6) is 1.43. The first kappa shape index (κ1) is 27.2. The number of H-pyrrole nitrogens is 1. The zero-order chi connectivity index (χ0) is 31.3. The van der Waals surface area contributed by atoms with E-state index in [2.05, 4.69) is 134 Å². The second kappa shape index (κ2) is 10.0. The van der Waals surface area contributed by atoms with E-state index in [9.17, 15) is 0 Å². The van der Waals surface area contributed by atoms with E-state index in [4.69, 9.17) is 4.98 Å². The first-order valence-electron chi connectivity index (χ1n) is 17.4. The number of aromatic amines is 1. The largest absolute Gasteiger partial charge is 0.358 e. The van der Waals surface area contributed by atoms with Crippen LogP contribution in [0.5, 0.6) is 0 Å². The topological polar surface area (TPSA) is 28.7 Å². The van der Waals surface area contributed by atoms with Crippen LogP contribution in [0.2, 0.25) is 0 Å². The summed E-state index contributed by atoms with van der Waals surface area (Å²) in [6.07, 6.45) is 24.0. The fraction of sp³-hybridized carbons (Fsp3) is 0.222. The van der Waals surface area contributed by atoms with Crippen LogP contribution in [-0.4, -0.2) is 9.97 Å². The number of nitrogens with one attached hydrogen (secondary N) is 1. The molecule has 5 aliphatic carbocycles. The Balaban J connectivity index is 1.05. The Kier molecular flexibility index (Phi) is 5.80. The van der Waals surface area contributed by atoms with Crippen molar-refractivity contribution in [2.24, 2.45) is 11.8 Å². The SMILES string of the molecule is CC1(C)c2cc(-c3cccc(-c4cc(C5=CC6CC6C=C5)nc(C5=CC=CCC5)c4)c3)ccc2-c2cc3[nH]c4c(c3cc21)C=CCC4. The van der Waals surface area contributed by atoms with Crippen molar-refractivity contribution in [1.82, 2.24) is 9.97 Å². The lowest BCUT2D eigenvalue weighted by atomic mass is 9.81. The highest BCUT2D eigenvalue weighted by molar-refractivity contribution is 5.98. The molecule has 1 saturated carbocycles. The minimum Gasteiger partial charge on any atom is -0.358 e. The maximum Gasteiger partial charge on any atom is 0.0712 e. The molecular formula is C45H38N2. The Morgan fingerprint density at radius 3 is 2.45 bits per heavy atom. The molecule has 0 saturated heterocycles. The smallest absolute Gasteiger partial charge is 0.0712 e. The van der Waals surface area contributed by atoms with Crippen LogP contribution in [-0.2, 0) is 11.8 Å². The van der Waals surface area contributed by atoms with Crippen LogP contribution in [0.25, 0.3) is 61.5 Å². The van der Waals surface area contributed by atoms with Gasteiger partial charge in [-0.1, -0.05) is 92.8 Å². The summed E-state index contributed by atoms with van der Waals surface area (Å²) in [5.41, 5.74) is 19.3. The molecule has 10 rings (SSSR count). The summed E-state index contributed by atoms with van der Waals surface area (Å²) in [4.78, 5) is 8.97. The molecular weight excluding hydrogens is 569 g/mol. The quantitative estimate of drug-likeness (QED) is 0.217. The van der Waals surface area contributed by atoms with Crippen LogP contribution < -0.4 is 0 Å². The van der Waals surface area contributed by atoms with Gasteiger partial charge in [0.05, 0.1) is 11.4 Å². The fourth-order valence-electron chi connectivity index (χ4n) is 8.53. The number of hydrogen-bond donors (Lipinski definition) is 1. The lowest BCUT2D eigenvalue weighted by Gasteiger charge is -2.22. The average Bonchev–Trinajstić information content (AvgIpc) is 3.76. The highest BCUT2D eigenvalue weighted by Crippen LogP contribution is 2.52. The highest BCUT2D eigenvalue weighted by atomic mass is 14.7. The van der Waals surface area contributed by atoms with E-state index < -0.39 is 0 Å². The molecule has 1 fully saturated rings. The highest BCUT2D eigenvalue weighted by Gasteiger charge is 2.37. The maximum absolute atomic E-state index is 5.23. The van der Waals surface area contributed by atoms with Gasteiger partial charge in [0.15, 0.2) is 0 Å². The molecule has 228 valence electrons. The monoisotopic (exact) mass is 606 g/mol. The number of aryl methyl sites for hydroxylation is 1. The van der Waals surface area contributed by atoms with Crippen molar-refractivity contribution < 1.29 is 0 Å². The lowest BCUT2D eigenvalue weighted by molar-refractivity contribution is 0.661. The predicted molar refractivity (Wildman–Crippen MR) is 197 cm³/mol. The number of benzene rings is 3. The second-order valence-electron chi connectivity index (χ2n) is 14.7. The third-order valence-corrected chi connectivity index (χ3v) is 11.4. The van der Waals surface area contributed by atoms with Gasteiger partial charge in [0.25, 0.3) is 0 Å². The molecule has 2 heterocycles. The number of aromatic nitrogens is 2. The van der Waals surface area contributed by atoms with Gasteiger partial charge in [0.2, 0.25) is 0 Å². The van der Waals surface area contributed by atoms with E-state index in [0.717, 1.165) is 43.0 Å². The Bertz CT molecular complexity index is 2310. The molecule has 2 nitrogen and oxygen atoms in total. The molecule has 0 aliphatic heterocycles. The lowest BCUT2D eigenvalue weighted by Crippen LogP contribution is -2.15. The van der Waals surface area contributed by atoms with E-state index in [1.807, 2.05) is 0 Å². The van der Waals surface area contributed by atoms with E-state index in [1.54, 1.807) is 0 Å². The molecule has 2 atom stereocenters. The third kappa shape index (κ3) is 4.34. The molecule has 1 N–H and O–H groups in total. The van der Waals surface area contributed by atoms with E-state index in [0.29, 0.717) is 5.92 Å². The van der Waals surface area contributed by atoms with Gasteiger partial charge >= 0.3 is 0 Å². The van der Waals surface area contributed by atoms with Crippen molar-refractivity contribution in [1.29, 1.82) is 0 Å². The molecule has 5 aromatic rings. The molecule has 2 heteroatoms. The summed E-state index contributed by atoms with van der Waals surface area (Å²) in [6, 6.07) is 25.7. The molecule has 0 amide bonds. The number of fused-ring (bicyclic) bond motifs is 7. The van der Waals surface area contributed by atoms with Gasteiger partial charge < -0.3 is 4.98 Å². The third-order valence-electron chi connectivity index (χ3n) is 11.4. The van der Waals surface area contributed by atoms with Gasteiger partial charge in [-0.15, -0.1) is 0 Å². The van der Waals surface area contributed by atoms with Gasteiger partial charge in [-0.2, -0.15) is 0 Å². The molecule has 47 heavy (non-hydrogen) atoms. The summed E-state index contributed by atoms with van der Waals surface area (Å²) in [7, 11) is 0. The average molecular weight is 607 g/mol. The predicted octanol–water partition coefficient (Wildman–Crippen LogP) is 11.5. The van der Waals surface area contributed by atoms with Crippen molar-refractivity contribution in [2.45, 2.75) is 51.4 Å². The number of hydrogen-bond acceptors (Lipinski definition) is 1. The van der Waals surface area contributed by atoms with Gasteiger partial charge in [0.1, 0.15) is 0 Å². The van der Waals surface area contributed by atoms with Gasteiger partial charge in [-0.25, -0.2) is 4.98 Å². The van der Waals surface area contributed by atoms with Crippen molar-refractivity contribution in [3.63, 3.8) is 0 Å². The van der Waals surface area contributed by atoms with Crippen molar-refractivity contribution >= 4 is 28.1 Å². The van der Waals surface area contributed by atoms with Crippen molar-refractivity contribution in [3.05, 3.63) is 143 Å². The number of allylic oxidation sites excluding steroid dienone is 9. The first-order valence-corrected chi connectivity index (χ1v) is 17.4. The number of rotatable bonds is 4. The first-order chi connectivity index (χ1) is 23.0. The standard InChI is InChI=1S/C45H38N2/c1-45(2)39-22-31(17-18-35(39)37-26-44-38(25-40(37)45)36-13-6-7-14-41(36)46-44)28-11-8-12-29(19-28)34-23-42(27-9-4-3-5-10-27)47-43(24-34)32-16-15-30-20-33(30)21-32/h3-4,6,8-9,11-13,15-19,21-26,30,33,46H,5,7,10,14,20H2,1-2H3. The van der Waals surface area contributed by atoms with Crippen LogP contribution in [0.3, 0.4) is 0 Å². The fourth-order valence-corrected chi connectivity index (χ4v) is 8.53. The molecule has 0 bridgehead atoms. The minimum absolute atomic E-state index is 0.0755. The van der Waals surface area contributed by atoms with E-state index in [1.165, 1.54) is 84.2 Å². The summed E-state index contributed by atoms with van der Waals surface area (Å²) < 4.78 is 0. The van der Waals surface area contributed by atoms with Crippen molar-refractivity contribution in [3.8, 4) is 33.4 Å². The Morgan fingerprint density at radius 2 is 1.57 bits per heavy atom. The molecule has 0 radical (unpaired) electrons. The summed E-state index contributed by atoms with van der Waals surface area (Å²) in [5, 5.41) is 1.36. The number of pyridine rings is 1. The molecule has 0 spiro atoms. The maximum atomic E-state index is 5.23. The normalized spacial score (nSPS) is 21.1. The minimum atomic E-state index is -0.0755. The summed E-state index contributed by atoms with van der Waals surface area (Å²) >= 11 is 0. The van der Waals surface area contributed by atoms with Crippen LogP contribution in [0, 0.1) is 11.8 Å². The van der Waals surface area contributed by atoms with E-state index in [-0.39, 0.29) is 5.41 Å². The molecule has 5 aliphatic rings. The zero-order valence-electron chi connectivity index (χ0n) is 27.1. The Labute approximate surface area is 277 Å². The molecule has 2 unspecified atom stereocenters. The van der Waals surface area contributed by atoms with Gasteiger partial charge in [-0.3, -0.25) is 0 Å². The Hall–Kier alpha value is -4.95. The molecule has 2 aromatic heterocycles. The van der Waals surface area contributed by atoms with Gasteiger partial charge in [-0.05, 0) is 136 Å². The van der Waals surface area contributed by atoms with Crippen LogP contribution in [0.15, 0.2) is 109 Å². The van der Waals surface area contributed by atoms with Crippen molar-refractivity contribution in [2.75, 3.05) is 0 Å². The zero-order valence-corrected chi connectivity index (χ0v) is 27.1. The second-order valence-corrected chi connectivity index (χ2v) is 14.7. The van der Waals surface area contributed by atoms with Gasteiger partial charge in [0, 0.05) is 27.6 Å².